The summed E-state index contributed by atoms with van der Waals surface area (Å²) in [6, 6.07) is 3.75. The second-order valence-electron chi connectivity index (χ2n) is 5.26. The average Bonchev–Trinajstić information content (AvgIpc) is 3.18. The lowest BCUT2D eigenvalue weighted by molar-refractivity contribution is -0.123. The van der Waals surface area contributed by atoms with Gasteiger partial charge in [-0.05, 0) is 37.0 Å². The molecule has 1 aliphatic carbocycles. The van der Waals surface area contributed by atoms with E-state index in [0.717, 1.165) is 18.4 Å². The molecule has 2 aliphatic rings. The number of carbonyl (C=O) groups excluding carboxylic acids is 1. The summed E-state index contributed by atoms with van der Waals surface area (Å²) in [5.74, 6) is 1.20. The maximum atomic E-state index is 11.7. The summed E-state index contributed by atoms with van der Waals surface area (Å²) in [6.07, 6.45) is 2.22. The van der Waals surface area contributed by atoms with Crippen molar-refractivity contribution in [3.8, 4) is 11.5 Å². The van der Waals surface area contributed by atoms with Crippen molar-refractivity contribution in [1.29, 1.82) is 0 Å². The molecule has 1 aliphatic heterocycles. The van der Waals surface area contributed by atoms with Gasteiger partial charge < -0.3 is 20.5 Å². The first-order valence-electron chi connectivity index (χ1n) is 6.74. The fourth-order valence-electron chi connectivity index (χ4n) is 2.17. The molecule has 116 valence electrons. The SMILES string of the molecule is Cl.NC1(C(=O)NCCc2cc(Cl)c3c(c2)OCCO3)CC1. The topological polar surface area (TPSA) is 73.6 Å². The maximum absolute atomic E-state index is 11.7. The van der Waals surface area contributed by atoms with Gasteiger partial charge in [0.2, 0.25) is 5.91 Å². The van der Waals surface area contributed by atoms with Crippen LogP contribution in [-0.2, 0) is 11.2 Å². The van der Waals surface area contributed by atoms with Crippen LogP contribution in [0.15, 0.2) is 12.1 Å². The Balaban J connectivity index is 0.00000161. The predicted octanol–water partition coefficient (Wildman–Crippen LogP) is 1.68. The summed E-state index contributed by atoms with van der Waals surface area (Å²) in [7, 11) is 0. The molecule has 1 heterocycles. The van der Waals surface area contributed by atoms with Gasteiger partial charge in [-0.15, -0.1) is 12.4 Å². The number of hydrogen-bond donors (Lipinski definition) is 2. The van der Waals surface area contributed by atoms with Crippen LogP contribution in [0.25, 0.3) is 0 Å². The van der Waals surface area contributed by atoms with Gasteiger partial charge in [0.05, 0.1) is 10.6 Å². The van der Waals surface area contributed by atoms with Gasteiger partial charge in [-0.1, -0.05) is 11.6 Å². The minimum atomic E-state index is -0.621. The smallest absolute Gasteiger partial charge is 0.240 e. The number of benzene rings is 1. The van der Waals surface area contributed by atoms with E-state index in [-0.39, 0.29) is 18.3 Å². The van der Waals surface area contributed by atoms with Crippen molar-refractivity contribution in [1.82, 2.24) is 5.32 Å². The third kappa shape index (κ3) is 3.54. The molecular weight excluding hydrogens is 315 g/mol. The molecule has 0 aromatic heterocycles. The average molecular weight is 333 g/mol. The van der Waals surface area contributed by atoms with E-state index >= 15 is 0 Å². The number of nitrogens with one attached hydrogen (secondary N) is 1. The molecule has 0 spiro atoms. The minimum absolute atomic E-state index is 0. The van der Waals surface area contributed by atoms with Crippen molar-refractivity contribution >= 4 is 29.9 Å². The van der Waals surface area contributed by atoms with Gasteiger partial charge >= 0.3 is 0 Å². The highest BCUT2D eigenvalue weighted by molar-refractivity contribution is 6.32. The van der Waals surface area contributed by atoms with Gasteiger partial charge in [-0.25, -0.2) is 0 Å². The Bertz CT molecular complexity index is 547. The molecule has 3 N–H and O–H groups in total. The third-order valence-corrected chi connectivity index (χ3v) is 3.88. The number of halogens is 2. The van der Waals surface area contributed by atoms with E-state index in [1.165, 1.54) is 0 Å². The lowest BCUT2D eigenvalue weighted by atomic mass is 10.1. The number of nitrogens with two attached hydrogens (primary N) is 1. The zero-order chi connectivity index (χ0) is 14.2. The summed E-state index contributed by atoms with van der Waals surface area (Å²) in [6.45, 7) is 1.58. The minimum Gasteiger partial charge on any atom is -0.486 e. The van der Waals surface area contributed by atoms with Gasteiger partial charge in [0.15, 0.2) is 11.5 Å². The van der Waals surface area contributed by atoms with E-state index in [1.807, 2.05) is 12.1 Å². The first-order valence-corrected chi connectivity index (χ1v) is 7.11. The largest absolute Gasteiger partial charge is 0.486 e. The summed E-state index contributed by atoms with van der Waals surface area (Å²) in [5.41, 5.74) is 6.20. The molecule has 1 amide bonds. The Labute approximate surface area is 134 Å². The van der Waals surface area contributed by atoms with Crippen molar-refractivity contribution in [3.05, 3.63) is 22.7 Å². The van der Waals surface area contributed by atoms with Crippen LogP contribution in [0.1, 0.15) is 18.4 Å². The summed E-state index contributed by atoms with van der Waals surface area (Å²) in [5, 5.41) is 3.40. The fraction of sp³-hybridized carbons (Fsp3) is 0.500. The number of hydrogen-bond acceptors (Lipinski definition) is 4. The molecule has 7 heteroatoms. The van der Waals surface area contributed by atoms with Crippen LogP contribution in [0.2, 0.25) is 5.02 Å². The maximum Gasteiger partial charge on any atom is 0.240 e. The molecule has 5 nitrogen and oxygen atoms in total. The van der Waals surface area contributed by atoms with Crippen LogP contribution in [-0.4, -0.2) is 31.2 Å². The van der Waals surface area contributed by atoms with Crippen LogP contribution < -0.4 is 20.5 Å². The van der Waals surface area contributed by atoms with Crippen molar-refractivity contribution < 1.29 is 14.3 Å². The van der Waals surface area contributed by atoms with Crippen LogP contribution in [0.3, 0.4) is 0 Å². The number of ether oxygens (including phenoxy) is 2. The Morgan fingerprint density at radius 1 is 1.33 bits per heavy atom. The Hall–Kier alpha value is -1.17. The number of rotatable bonds is 4. The zero-order valence-electron chi connectivity index (χ0n) is 11.5. The van der Waals surface area contributed by atoms with E-state index in [1.54, 1.807) is 0 Å². The van der Waals surface area contributed by atoms with E-state index in [0.29, 0.717) is 42.7 Å². The molecule has 1 aromatic carbocycles. The highest BCUT2D eigenvalue weighted by Gasteiger charge is 2.45. The Kier molecular flexibility index (Phi) is 4.86. The number of amides is 1. The van der Waals surface area contributed by atoms with E-state index in [4.69, 9.17) is 26.8 Å². The summed E-state index contributed by atoms with van der Waals surface area (Å²) >= 11 is 6.16. The van der Waals surface area contributed by atoms with Crippen LogP contribution in [0, 0.1) is 0 Å². The number of carbonyl (C=O) groups is 1. The molecule has 0 atom stereocenters. The van der Waals surface area contributed by atoms with Crippen LogP contribution in [0.5, 0.6) is 11.5 Å². The Morgan fingerprint density at radius 3 is 2.76 bits per heavy atom. The quantitative estimate of drug-likeness (QED) is 0.879. The van der Waals surface area contributed by atoms with Crippen LogP contribution >= 0.6 is 24.0 Å². The molecule has 0 radical (unpaired) electrons. The van der Waals surface area contributed by atoms with Crippen molar-refractivity contribution in [2.75, 3.05) is 19.8 Å². The van der Waals surface area contributed by atoms with Gasteiger partial charge in [0.25, 0.3) is 0 Å². The monoisotopic (exact) mass is 332 g/mol. The molecule has 3 rings (SSSR count). The molecule has 0 unspecified atom stereocenters. The highest BCUT2D eigenvalue weighted by Crippen LogP contribution is 2.38. The third-order valence-electron chi connectivity index (χ3n) is 3.60. The van der Waals surface area contributed by atoms with Gasteiger partial charge in [0, 0.05) is 6.54 Å². The van der Waals surface area contributed by atoms with Crippen molar-refractivity contribution in [2.24, 2.45) is 5.73 Å². The van der Waals surface area contributed by atoms with Crippen molar-refractivity contribution in [3.63, 3.8) is 0 Å². The second-order valence-corrected chi connectivity index (χ2v) is 5.67. The van der Waals surface area contributed by atoms with Crippen LogP contribution in [0.4, 0.5) is 0 Å². The van der Waals surface area contributed by atoms with E-state index < -0.39 is 5.54 Å². The molecule has 21 heavy (non-hydrogen) atoms. The Morgan fingerprint density at radius 2 is 2.05 bits per heavy atom. The summed E-state index contributed by atoms with van der Waals surface area (Å²) in [4.78, 5) is 11.7. The lowest BCUT2D eigenvalue weighted by Gasteiger charge is -2.20. The first-order chi connectivity index (χ1) is 9.58. The first kappa shape index (κ1) is 16.2. The van der Waals surface area contributed by atoms with Gasteiger partial charge in [-0.3, -0.25) is 4.79 Å². The van der Waals surface area contributed by atoms with Crippen molar-refractivity contribution in [2.45, 2.75) is 24.8 Å². The normalized spacial score (nSPS) is 17.6. The number of fused-ring (bicyclic) bond motifs is 1. The predicted molar refractivity (Wildman–Crippen MR) is 82.6 cm³/mol. The molecule has 0 bridgehead atoms. The molecule has 1 saturated carbocycles. The highest BCUT2D eigenvalue weighted by atomic mass is 35.5. The second kappa shape index (κ2) is 6.30. The van der Waals surface area contributed by atoms with Gasteiger partial charge in [-0.2, -0.15) is 0 Å². The van der Waals surface area contributed by atoms with Gasteiger partial charge in [0.1, 0.15) is 13.2 Å². The molecule has 0 saturated heterocycles. The molecule has 1 fully saturated rings. The fourth-order valence-corrected chi connectivity index (χ4v) is 2.45. The molecular formula is C14H18Cl2N2O3. The standard InChI is InChI=1S/C14H17ClN2O3.ClH/c15-10-7-9(8-11-12(10)20-6-5-19-11)1-4-17-13(18)14(16)2-3-14;/h7-8H,1-6,16H2,(H,17,18);1H. The lowest BCUT2D eigenvalue weighted by Crippen LogP contribution is -2.43. The van der Waals surface area contributed by atoms with E-state index in [9.17, 15) is 4.79 Å². The van der Waals surface area contributed by atoms with E-state index in [2.05, 4.69) is 5.32 Å². The zero-order valence-corrected chi connectivity index (χ0v) is 13.1. The molecule has 1 aromatic rings. The summed E-state index contributed by atoms with van der Waals surface area (Å²) < 4.78 is 11.0.